The molecule has 2 aromatic carbocycles. The fraction of sp³-hybridized carbons (Fsp3) is 0.250. The second-order valence-electron chi connectivity index (χ2n) is 5.46. The van der Waals surface area contributed by atoms with Crippen LogP contribution in [-0.4, -0.2) is 17.3 Å². The topological polar surface area (TPSA) is 51.2 Å². The third-order valence-corrected chi connectivity index (χ3v) is 3.75. The molecule has 0 aliphatic rings. The first-order valence-corrected chi connectivity index (χ1v) is 7.86. The van der Waals surface area contributed by atoms with Crippen molar-refractivity contribution in [3.05, 3.63) is 71.8 Å². The Hall–Kier alpha value is -2.55. The minimum Gasteiger partial charge on any atom is -0.293 e. The monoisotopic (exact) mass is 308 g/mol. The molecule has 0 bridgehead atoms. The fourth-order valence-electron chi connectivity index (χ4n) is 2.46. The smallest absolute Gasteiger partial charge is 0.213 e. The number of carbonyl (C=O) groups excluding carboxylic acids is 3. The molecule has 0 spiro atoms. The third-order valence-electron chi connectivity index (χ3n) is 3.75. The maximum absolute atomic E-state index is 12.8. The molecule has 1 atom stereocenters. The van der Waals surface area contributed by atoms with E-state index in [0.717, 1.165) is 6.42 Å². The summed E-state index contributed by atoms with van der Waals surface area (Å²) >= 11 is 0. The highest BCUT2D eigenvalue weighted by Crippen LogP contribution is 2.23. The summed E-state index contributed by atoms with van der Waals surface area (Å²) in [7, 11) is 0. The van der Waals surface area contributed by atoms with Crippen LogP contribution in [0.5, 0.6) is 0 Å². The van der Waals surface area contributed by atoms with Gasteiger partial charge in [-0.05, 0) is 12.0 Å². The van der Waals surface area contributed by atoms with Crippen molar-refractivity contribution in [2.45, 2.75) is 32.1 Å². The van der Waals surface area contributed by atoms with Gasteiger partial charge < -0.3 is 0 Å². The van der Waals surface area contributed by atoms with Crippen molar-refractivity contribution < 1.29 is 14.4 Å². The molecule has 3 nitrogen and oxygen atoms in total. The zero-order valence-corrected chi connectivity index (χ0v) is 13.2. The predicted octanol–water partition coefficient (Wildman–Crippen LogP) is 3.98. The van der Waals surface area contributed by atoms with Crippen LogP contribution in [0.25, 0.3) is 0 Å². The molecule has 0 N–H and O–H groups in total. The summed E-state index contributed by atoms with van der Waals surface area (Å²) in [6.07, 6.45) is 1.69. The van der Waals surface area contributed by atoms with Crippen LogP contribution in [0.2, 0.25) is 0 Å². The summed E-state index contributed by atoms with van der Waals surface area (Å²) in [4.78, 5) is 37.5. The van der Waals surface area contributed by atoms with Crippen LogP contribution in [0.15, 0.2) is 60.7 Å². The SMILES string of the molecule is CCCCC(=O)C(=O)C(C(=O)c1ccccc1)c1ccccc1. The molecule has 0 aliphatic carbocycles. The van der Waals surface area contributed by atoms with Gasteiger partial charge in [-0.15, -0.1) is 0 Å². The Morgan fingerprint density at radius 2 is 1.43 bits per heavy atom. The maximum atomic E-state index is 12.8. The van der Waals surface area contributed by atoms with Crippen molar-refractivity contribution in [2.24, 2.45) is 0 Å². The number of rotatable bonds is 8. The van der Waals surface area contributed by atoms with Gasteiger partial charge in [-0.25, -0.2) is 0 Å². The highest BCUT2D eigenvalue weighted by Gasteiger charge is 2.32. The van der Waals surface area contributed by atoms with Crippen molar-refractivity contribution in [1.29, 1.82) is 0 Å². The molecule has 0 radical (unpaired) electrons. The largest absolute Gasteiger partial charge is 0.293 e. The van der Waals surface area contributed by atoms with Crippen molar-refractivity contribution in [3.8, 4) is 0 Å². The Balaban J connectivity index is 2.35. The van der Waals surface area contributed by atoms with Crippen molar-refractivity contribution >= 4 is 17.3 Å². The number of ketones is 3. The van der Waals surface area contributed by atoms with Gasteiger partial charge in [0.05, 0.1) is 0 Å². The molecule has 0 saturated carbocycles. The summed E-state index contributed by atoms with van der Waals surface area (Å²) in [6.45, 7) is 1.96. The number of hydrogen-bond donors (Lipinski definition) is 0. The quantitative estimate of drug-likeness (QED) is 0.421. The van der Waals surface area contributed by atoms with Crippen LogP contribution in [0.4, 0.5) is 0 Å². The summed E-state index contributed by atoms with van der Waals surface area (Å²) in [5.74, 6) is -2.46. The molecule has 0 amide bonds. The molecule has 0 fully saturated rings. The Morgan fingerprint density at radius 3 is 2.00 bits per heavy atom. The summed E-state index contributed by atoms with van der Waals surface area (Å²) in [6, 6.07) is 17.4. The van der Waals surface area contributed by atoms with Gasteiger partial charge in [0.1, 0.15) is 5.92 Å². The molecular formula is C20H20O3. The van der Waals surface area contributed by atoms with Gasteiger partial charge in [-0.3, -0.25) is 14.4 Å². The average molecular weight is 308 g/mol. The minimum atomic E-state index is -1.05. The summed E-state index contributed by atoms with van der Waals surface area (Å²) in [5.41, 5.74) is 1.01. The van der Waals surface area contributed by atoms with Gasteiger partial charge in [-0.1, -0.05) is 74.0 Å². The highest BCUT2D eigenvalue weighted by atomic mass is 16.2. The van der Waals surface area contributed by atoms with Gasteiger partial charge in [0.25, 0.3) is 0 Å². The molecule has 23 heavy (non-hydrogen) atoms. The molecular weight excluding hydrogens is 288 g/mol. The van der Waals surface area contributed by atoms with Crippen LogP contribution in [0, 0.1) is 0 Å². The molecule has 0 aliphatic heterocycles. The van der Waals surface area contributed by atoms with Crippen LogP contribution >= 0.6 is 0 Å². The second-order valence-corrected chi connectivity index (χ2v) is 5.46. The number of carbonyl (C=O) groups is 3. The number of benzene rings is 2. The lowest BCUT2D eigenvalue weighted by atomic mass is 9.85. The molecule has 2 rings (SSSR count). The van der Waals surface area contributed by atoms with E-state index in [1.807, 2.05) is 19.1 Å². The normalized spacial score (nSPS) is 11.7. The van der Waals surface area contributed by atoms with E-state index in [4.69, 9.17) is 0 Å². The average Bonchev–Trinajstić information content (AvgIpc) is 2.61. The summed E-state index contributed by atoms with van der Waals surface area (Å²) in [5, 5.41) is 0. The number of hydrogen-bond acceptors (Lipinski definition) is 3. The van der Waals surface area contributed by atoms with E-state index >= 15 is 0 Å². The van der Waals surface area contributed by atoms with E-state index in [1.165, 1.54) is 0 Å². The number of unbranched alkanes of at least 4 members (excludes halogenated alkanes) is 1. The third kappa shape index (κ3) is 4.22. The van der Waals surface area contributed by atoms with E-state index < -0.39 is 17.5 Å². The molecule has 0 heterocycles. The van der Waals surface area contributed by atoms with E-state index in [1.54, 1.807) is 48.5 Å². The lowest BCUT2D eigenvalue weighted by Crippen LogP contribution is -2.28. The van der Waals surface area contributed by atoms with Gasteiger partial charge in [0.15, 0.2) is 11.6 Å². The molecule has 3 heteroatoms. The zero-order chi connectivity index (χ0) is 16.7. The summed E-state index contributed by atoms with van der Waals surface area (Å²) < 4.78 is 0. The zero-order valence-electron chi connectivity index (χ0n) is 13.2. The van der Waals surface area contributed by atoms with Gasteiger partial charge in [-0.2, -0.15) is 0 Å². The van der Waals surface area contributed by atoms with Gasteiger partial charge in [0, 0.05) is 12.0 Å². The minimum absolute atomic E-state index is 0.195. The van der Waals surface area contributed by atoms with Crippen molar-refractivity contribution in [3.63, 3.8) is 0 Å². The van der Waals surface area contributed by atoms with Crippen molar-refractivity contribution in [1.82, 2.24) is 0 Å². The molecule has 2 aromatic rings. The van der Waals surface area contributed by atoms with E-state index in [9.17, 15) is 14.4 Å². The Kier molecular flexibility index (Phi) is 5.98. The lowest BCUT2D eigenvalue weighted by Gasteiger charge is -2.14. The van der Waals surface area contributed by atoms with E-state index in [2.05, 4.69) is 0 Å². The Labute approximate surface area is 136 Å². The van der Waals surface area contributed by atoms with Crippen LogP contribution in [-0.2, 0) is 9.59 Å². The standard InChI is InChI=1S/C20H20O3/c1-2-3-14-17(21)20(23)18(15-10-6-4-7-11-15)19(22)16-12-8-5-9-13-16/h4-13,18H,2-3,14H2,1H3. The predicted molar refractivity (Wildman–Crippen MR) is 89.5 cm³/mol. The molecule has 118 valence electrons. The first-order chi connectivity index (χ1) is 11.1. The van der Waals surface area contributed by atoms with Crippen LogP contribution in [0.1, 0.15) is 48.0 Å². The van der Waals surface area contributed by atoms with Crippen molar-refractivity contribution in [2.75, 3.05) is 0 Å². The first-order valence-electron chi connectivity index (χ1n) is 7.86. The van der Waals surface area contributed by atoms with E-state index in [-0.39, 0.29) is 12.2 Å². The highest BCUT2D eigenvalue weighted by molar-refractivity contribution is 6.44. The maximum Gasteiger partial charge on any atom is 0.213 e. The van der Waals surface area contributed by atoms with E-state index in [0.29, 0.717) is 17.5 Å². The molecule has 0 saturated heterocycles. The fourth-order valence-corrected chi connectivity index (χ4v) is 2.46. The van der Waals surface area contributed by atoms with Crippen LogP contribution in [0.3, 0.4) is 0 Å². The molecule has 0 aromatic heterocycles. The first kappa shape index (κ1) is 16.8. The van der Waals surface area contributed by atoms with Gasteiger partial charge in [0.2, 0.25) is 5.78 Å². The number of Topliss-reactive ketones (excluding diaryl/α,β-unsaturated/α-hetero) is 3. The lowest BCUT2D eigenvalue weighted by molar-refractivity contribution is -0.137. The second kappa shape index (κ2) is 8.18. The Morgan fingerprint density at radius 1 is 0.870 bits per heavy atom. The molecule has 1 unspecified atom stereocenters. The van der Waals surface area contributed by atoms with Gasteiger partial charge >= 0.3 is 0 Å². The van der Waals surface area contributed by atoms with Crippen LogP contribution < -0.4 is 0 Å². The Bertz CT molecular complexity index is 675.